The van der Waals surface area contributed by atoms with Gasteiger partial charge in [-0.1, -0.05) is 53.7 Å². The number of aromatic nitrogens is 1. The molecule has 206 valence electrons. The first-order chi connectivity index (χ1) is 18.6. The topological polar surface area (TPSA) is 75.9 Å². The van der Waals surface area contributed by atoms with Gasteiger partial charge in [-0.05, 0) is 70.6 Å². The van der Waals surface area contributed by atoms with Crippen LogP contribution in [0.25, 0.3) is 11.3 Å². The van der Waals surface area contributed by atoms with Crippen LogP contribution in [0.4, 0.5) is 4.79 Å². The van der Waals surface area contributed by atoms with Gasteiger partial charge in [-0.2, -0.15) is 0 Å². The van der Waals surface area contributed by atoms with Crippen LogP contribution in [0.5, 0.6) is 0 Å². The van der Waals surface area contributed by atoms with Crippen molar-refractivity contribution < 1.29 is 18.8 Å². The molecule has 1 aliphatic heterocycles. The van der Waals surface area contributed by atoms with Gasteiger partial charge in [0.15, 0.2) is 0 Å². The third-order valence-corrected chi connectivity index (χ3v) is 7.87. The number of rotatable bonds is 6. The zero-order valence-corrected chi connectivity index (χ0v) is 23.6. The highest BCUT2D eigenvalue weighted by atomic mass is 16.6. The monoisotopic (exact) mass is 529 g/mol. The van der Waals surface area contributed by atoms with Gasteiger partial charge in [0.05, 0.1) is 5.92 Å². The number of benzene rings is 2. The molecule has 7 nitrogen and oxygen atoms in total. The van der Waals surface area contributed by atoms with Gasteiger partial charge in [0.1, 0.15) is 17.1 Å². The van der Waals surface area contributed by atoms with Crippen molar-refractivity contribution in [1.82, 2.24) is 15.0 Å². The number of nitrogens with zero attached hydrogens (tertiary/aromatic N) is 3. The van der Waals surface area contributed by atoms with Crippen molar-refractivity contribution in [1.29, 1.82) is 0 Å². The number of amides is 2. The lowest BCUT2D eigenvalue weighted by Gasteiger charge is -2.39. The molecule has 0 bridgehead atoms. The molecule has 5 rings (SSSR count). The Balaban J connectivity index is 1.44. The predicted molar refractivity (Wildman–Crippen MR) is 150 cm³/mol. The summed E-state index contributed by atoms with van der Waals surface area (Å²) in [5, 5.41) is 4.33. The Morgan fingerprint density at radius 1 is 1.05 bits per heavy atom. The minimum Gasteiger partial charge on any atom is -0.444 e. The third-order valence-electron chi connectivity index (χ3n) is 7.87. The highest BCUT2D eigenvalue weighted by Crippen LogP contribution is 2.39. The molecule has 2 aromatic carbocycles. The van der Waals surface area contributed by atoms with Gasteiger partial charge < -0.3 is 19.1 Å². The average Bonchev–Trinajstić information content (AvgIpc) is 3.63. The maximum Gasteiger partial charge on any atom is 0.410 e. The molecule has 1 aromatic heterocycles. The van der Waals surface area contributed by atoms with E-state index >= 15 is 0 Å². The van der Waals surface area contributed by atoms with E-state index in [2.05, 4.69) is 37.2 Å². The molecule has 2 aliphatic rings. The number of ether oxygens (including phenoxy) is 1. The minimum atomic E-state index is -0.605. The largest absolute Gasteiger partial charge is 0.444 e. The van der Waals surface area contributed by atoms with Gasteiger partial charge in [-0.3, -0.25) is 4.79 Å². The first-order valence-corrected chi connectivity index (χ1v) is 14.0. The Hall–Kier alpha value is -3.61. The molecule has 0 N–H and O–H groups in total. The molecule has 2 amide bonds. The second kappa shape index (κ2) is 10.9. The second-order valence-electron chi connectivity index (χ2n) is 12.0. The molecule has 1 saturated heterocycles. The van der Waals surface area contributed by atoms with E-state index in [0.717, 1.165) is 29.7 Å². The molecule has 2 heterocycles. The van der Waals surface area contributed by atoms with E-state index in [-0.39, 0.29) is 30.5 Å². The van der Waals surface area contributed by atoms with Gasteiger partial charge in [-0.25, -0.2) is 4.79 Å². The van der Waals surface area contributed by atoms with Crippen molar-refractivity contribution in [2.75, 3.05) is 13.1 Å². The van der Waals surface area contributed by atoms with Crippen molar-refractivity contribution >= 4 is 12.0 Å². The van der Waals surface area contributed by atoms with Crippen LogP contribution >= 0.6 is 0 Å². The predicted octanol–water partition coefficient (Wildman–Crippen LogP) is 6.49. The zero-order valence-electron chi connectivity index (χ0n) is 23.6. The lowest BCUT2D eigenvalue weighted by Crippen LogP contribution is -2.51. The summed E-state index contributed by atoms with van der Waals surface area (Å²) < 4.78 is 11.5. The summed E-state index contributed by atoms with van der Waals surface area (Å²) in [5.41, 5.74) is 4.72. The molecule has 1 aliphatic carbocycles. The molecule has 0 unspecified atom stereocenters. The van der Waals surface area contributed by atoms with Crippen LogP contribution in [0.3, 0.4) is 0 Å². The van der Waals surface area contributed by atoms with Crippen LogP contribution in [-0.2, 0) is 16.1 Å². The first kappa shape index (κ1) is 27.0. The van der Waals surface area contributed by atoms with E-state index in [1.165, 1.54) is 11.1 Å². The second-order valence-corrected chi connectivity index (χ2v) is 12.0. The molecular formula is C32H39N3O4. The van der Waals surface area contributed by atoms with Gasteiger partial charge in [0.2, 0.25) is 5.91 Å². The summed E-state index contributed by atoms with van der Waals surface area (Å²) in [6.45, 7) is 11.1. The zero-order chi connectivity index (χ0) is 27.7. The average molecular weight is 530 g/mol. The normalized spacial score (nSPS) is 19.6. The number of piperidine rings is 1. The summed E-state index contributed by atoms with van der Waals surface area (Å²) in [6, 6.07) is 18.3. The Morgan fingerprint density at radius 2 is 1.79 bits per heavy atom. The fourth-order valence-corrected chi connectivity index (χ4v) is 5.40. The van der Waals surface area contributed by atoms with Gasteiger partial charge in [0, 0.05) is 43.2 Å². The maximum absolute atomic E-state index is 14.4. The van der Waals surface area contributed by atoms with Gasteiger partial charge >= 0.3 is 6.09 Å². The smallest absolute Gasteiger partial charge is 0.410 e. The summed E-state index contributed by atoms with van der Waals surface area (Å²) in [6.07, 6.45) is 2.23. The fourth-order valence-electron chi connectivity index (χ4n) is 5.40. The Bertz CT molecular complexity index is 1320. The van der Waals surface area contributed by atoms with Crippen LogP contribution in [0, 0.1) is 19.8 Å². The molecule has 2 fully saturated rings. The van der Waals surface area contributed by atoms with Crippen molar-refractivity contribution in [2.24, 2.45) is 5.92 Å². The highest BCUT2D eigenvalue weighted by Gasteiger charge is 2.44. The van der Waals surface area contributed by atoms with Crippen LogP contribution in [-0.4, -0.2) is 51.7 Å². The number of carbonyl (C=O) groups excluding carboxylic acids is 2. The minimum absolute atomic E-state index is 0.0642. The Morgan fingerprint density at radius 3 is 2.49 bits per heavy atom. The van der Waals surface area contributed by atoms with Crippen LogP contribution in [0.2, 0.25) is 0 Å². The van der Waals surface area contributed by atoms with E-state index < -0.39 is 11.5 Å². The molecule has 7 heteroatoms. The molecule has 2 atom stereocenters. The molecule has 3 aromatic rings. The SMILES string of the molecule is Cc1cccc(CN(C(=O)[C@H]2CN(C(=O)OC(C)(C)C)CC[C@@H]2c2cc(-c3ccccc3)no2)C2CC2)c1C. The highest BCUT2D eigenvalue weighted by molar-refractivity contribution is 5.82. The Kier molecular flexibility index (Phi) is 7.52. The fraction of sp³-hybridized carbons (Fsp3) is 0.469. The van der Waals surface area contributed by atoms with Crippen LogP contribution < -0.4 is 0 Å². The number of hydrogen-bond donors (Lipinski definition) is 0. The summed E-state index contributed by atoms with van der Waals surface area (Å²) >= 11 is 0. The van der Waals surface area contributed by atoms with Crippen LogP contribution in [0.1, 0.15) is 68.4 Å². The van der Waals surface area contributed by atoms with E-state index in [0.29, 0.717) is 25.3 Å². The van der Waals surface area contributed by atoms with Crippen molar-refractivity contribution in [3.05, 3.63) is 77.0 Å². The quantitative estimate of drug-likeness (QED) is 0.365. The first-order valence-electron chi connectivity index (χ1n) is 14.0. The lowest BCUT2D eigenvalue weighted by atomic mass is 9.82. The standard InChI is InChI=1S/C32H39N3O4/c1-21-10-9-13-24(22(21)2)19-35(25-14-15-25)30(36)27-20-34(31(37)38-32(3,4)5)17-16-26(27)29-18-28(33-39-29)23-11-7-6-8-12-23/h6-13,18,25-27H,14-17,19-20H2,1-5H3/t26-,27-/m0/s1. The summed E-state index contributed by atoms with van der Waals surface area (Å²) in [4.78, 5) is 31.1. The van der Waals surface area contributed by atoms with Crippen molar-refractivity contribution in [2.45, 2.75) is 78.0 Å². The number of aryl methyl sites for hydroxylation is 1. The number of hydrogen-bond acceptors (Lipinski definition) is 5. The number of carbonyl (C=O) groups is 2. The van der Waals surface area contributed by atoms with Crippen LogP contribution in [0.15, 0.2) is 59.1 Å². The molecular weight excluding hydrogens is 490 g/mol. The summed E-state index contributed by atoms with van der Waals surface area (Å²) in [7, 11) is 0. The van der Waals surface area contributed by atoms with Crippen molar-refractivity contribution in [3.63, 3.8) is 0 Å². The maximum atomic E-state index is 14.4. The lowest BCUT2D eigenvalue weighted by molar-refractivity contribution is -0.139. The van der Waals surface area contributed by atoms with E-state index in [1.807, 2.05) is 62.1 Å². The third kappa shape index (κ3) is 6.18. The molecule has 39 heavy (non-hydrogen) atoms. The van der Waals surface area contributed by atoms with E-state index in [9.17, 15) is 9.59 Å². The molecule has 0 radical (unpaired) electrons. The summed E-state index contributed by atoms with van der Waals surface area (Å²) in [5.74, 6) is 0.127. The van der Waals surface area contributed by atoms with E-state index in [1.54, 1.807) is 4.90 Å². The number of likely N-dealkylation sites (tertiary alicyclic amines) is 1. The van der Waals surface area contributed by atoms with Gasteiger partial charge in [0.25, 0.3) is 0 Å². The van der Waals surface area contributed by atoms with Crippen molar-refractivity contribution in [3.8, 4) is 11.3 Å². The molecule has 0 spiro atoms. The van der Waals surface area contributed by atoms with Gasteiger partial charge in [-0.15, -0.1) is 0 Å². The molecule has 1 saturated carbocycles. The van der Waals surface area contributed by atoms with E-state index in [4.69, 9.17) is 9.26 Å². The Labute approximate surface area is 231 Å².